The second-order valence-electron chi connectivity index (χ2n) is 10.6. The first-order chi connectivity index (χ1) is 17.8. The van der Waals surface area contributed by atoms with Gasteiger partial charge >= 0.3 is 5.97 Å². The smallest absolute Gasteiger partial charge is 0.316 e. The van der Waals surface area contributed by atoms with Crippen LogP contribution in [-0.2, 0) is 32.0 Å². The summed E-state index contributed by atoms with van der Waals surface area (Å²) in [6.45, 7) is 6.51. The topological polar surface area (TPSA) is 84.0 Å². The van der Waals surface area contributed by atoms with E-state index in [2.05, 4.69) is 20.8 Å². The third kappa shape index (κ3) is 4.56. The maximum absolute atomic E-state index is 13.1. The Balaban J connectivity index is 1.31. The zero-order chi connectivity index (χ0) is 26.3. The number of para-hydroxylation sites is 1. The number of aryl methyl sites for hydroxylation is 2. The summed E-state index contributed by atoms with van der Waals surface area (Å²) in [5.74, 6) is -1.33. The molecule has 1 saturated carbocycles. The quantitative estimate of drug-likeness (QED) is 0.325. The monoisotopic (exact) mass is 502 g/mol. The van der Waals surface area contributed by atoms with Gasteiger partial charge in [-0.15, -0.1) is 0 Å². The minimum absolute atomic E-state index is 0.0867. The predicted octanol–water partition coefficient (Wildman–Crippen LogP) is 4.70. The van der Waals surface area contributed by atoms with Gasteiger partial charge in [0.2, 0.25) is 17.7 Å². The van der Waals surface area contributed by atoms with Crippen LogP contribution in [0.25, 0.3) is 0 Å². The molecule has 0 radical (unpaired) electrons. The highest BCUT2D eigenvalue weighted by Gasteiger charge is 2.50. The van der Waals surface area contributed by atoms with Gasteiger partial charge in [-0.2, -0.15) is 0 Å². The zero-order valence-corrected chi connectivity index (χ0v) is 21.7. The number of ether oxygens (including phenoxy) is 1. The van der Waals surface area contributed by atoms with Crippen LogP contribution in [0.2, 0.25) is 0 Å². The summed E-state index contributed by atoms with van der Waals surface area (Å²) in [7, 11) is 0. The molecule has 4 atom stereocenters. The first-order valence-corrected chi connectivity index (χ1v) is 13.4. The molecule has 7 nitrogen and oxygen atoms in total. The molecule has 3 aliphatic rings. The summed E-state index contributed by atoms with van der Waals surface area (Å²) in [5.41, 5.74) is 3.52. The molecule has 37 heavy (non-hydrogen) atoms. The van der Waals surface area contributed by atoms with Crippen LogP contribution in [0.1, 0.15) is 57.6 Å². The molecule has 1 aliphatic carbocycles. The molecule has 0 bridgehead atoms. The number of hydrogen-bond donors (Lipinski definition) is 0. The minimum Gasteiger partial charge on any atom is -0.426 e. The standard InChI is InChI=1S/C30H34N2O5/c1-4-19-8-6-9-20(5-2)27(19)31-17-21(15-26(31)33)30(36)37-23-11-7-10-22(16-23)32-28(34)24-13-12-18(3)14-25(24)29(32)35/h6-11,16,18,21,24-25H,4-5,12-15,17H2,1-3H3/t18-,21+,24+,25+/m0/s1. The van der Waals surface area contributed by atoms with Crippen LogP contribution in [0, 0.1) is 23.7 Å². The van der Waals surface area contributed by atoms with Gasteiger partial charge in [-0.3, -0.25) is 19.2 Å². The van der Waals surface area contributed by atoms with E-state index in [0.717, 1.165) is 48.9 Å². The average Bonchev–Trinajstić information content (AvgIpc) is 3.40. The number of hydrogen-bond acceptors (Lipinski definition) is 5. The van der Waals surface area contributed by atoms with Crippen LogP contribution in [-0.4, -0.2) is 30.2 Å². The number of carbonyl (C=O) groups excluding carboxylic acids is 4. The van der Waals surface area contributed by atoms with E-state index in [9.17, 15) is 19.2 Å². The molecule has 3 amide bonds. The minimum atomic E-state index is -0.592. The van der Waals surface area contributed by atoms with Gasteiger partial charge in [0.05, 0.1) is 23.4 Å². The lowest BCUT2D eigenvalue weighted by Crippen LogP contribution is -2.31. The van der Waals surface area contributed by atoms with Gasteiger partial charge in [-0.1, -0.05) is 45.0 Å². The van der Waals surface area contributed by atoms with Gasteiger partial charge < -0.3 is 9.64 Å². The number of anilines is 2. The highest BCUT2D eigenvalue weighted by atomic mass is 16.5. The molecule has 7 heteroatoms. The summed E-state index contributed by atoms with van der Waals surface area (Å²) < 4.78 is 5.68. The maximum atomic E-state index is 13.1. The molecule has 5 rings (SSSR count). The van der Waals surface area contributed by atoms with E-state index in [4.69, 9.17) is 4.74 Å². The van der Waals surface area contributed by atoms with Crippen molar-refractivity contribution >= 4 is 35.1 Å². The number of nitrogens with zero attached hydrogens (tertiary/aromatic N) is 2. The van der Waals surface area contributed by atoms with E-state index in [1.54, 1.807) is 29.2 Å². The average molecular weight is 503 g/mol. The largest absolute Gasteiger partial charge is 0.426 e. The van der Waals surface area contributed by atoms with Crippen molar-refractivity contribution in [1.82, 2.24) is 0 Å². The highest BCUT2D eigenvalue weighted by Crippen LogP contribution is 2.42. The Bertz CT molecular complexity index is 1230. The van der Waals surface area contributed by atoms with Gasteiger partial charge in [0.15, 0.2) is 0 Å². The molecule has 2 aromatic rings. The van der Waals surface area contributed by atoms with Crippen molar-refractivity contribution in [2.24, 2.45) is 23.7 Å². The zero-order valence-electron chi connectivity index (χ0n) is 21.7. The SMILES string of the molecule is CCc1cccc(CC)c1N1C[C@H](C(=O)Oc2cccc(N3C(=O)[C@@H]4CC[C@H](C)C[C@H]4C3=O)c2)CC1=O. The molecule has 2 saturated heterocycles. The van der Waals surface area contributed by atoms with Gasteiger partial charge in [-0.05, 0) is 61.3 Å². The van der Waals surface area contributed by atoms with E-state index < -0.39 is 11.9 Å². The Morgan fingerprint density at radius 1 is 0.946 bits per heavy atom. The Labute approximate surface area is 217 Å². The Morgan fingerprint density at radius 2 is 1.62 bits per heavy atom. The van der Waals surface area contributed by atoms with Crippen molar-refractivity contribution in [1.29, 1.82) is 0 Å². The van der Waals surface area contributed by atoms with Crippen LogP contribution >= 0.6 is 0 Å². The molecule has 0 unspecified atom stereocenters. The van der Waals surface area contributed by atoms with E-state index in [-0.39, 0.29) is 48.3 Å². The predicted molar refractivity (Wildman–Crippen MR) is 140 cm³/mol. The molecular formula is C30H34N2O5. The molecule has 194 valence electrons. The number of esters is 1. The van der Waals surface area contributed by atoms with E-state index in [0.29, 0.717) is 11.6 Å². The van der Waals surface area contributed by atoms with Gasteiger partial charge in [0, 0.05) is 24.7 Å². The molecule has 2 aromatic carbocycles. The summed E-state index contributed by atoms with van der Waals surface area (Å²) in [6.07, 6.45) is 4.09. The lowest BCUT2D eigenvalue weighted by Gasteiger charge is -2.25. The van der Waals surface area contributed by atoms with E-state index in [1.165, 1.54) is 4.90 Å². The normalized spacial score (nSPS) is 25.5. The van der Waals surface area contributed by atoms with Gasteiger partial charge in [-0.25, -0.2) is 4.90 Å². The van der Waals surface area contributed by atoms with Crippen LogP contribution in [0.3, 0.4) is 0 Å². The van der Waals surface area contributed by atoms with Gasteiger partial charge in [0.25, 0.3) is 0 Å². The molecular weight excluding hydrogens is 468 g/mol. The van der Waals surface area contributed by atoms with E-state index >= 15 is 0 Å². The second kappa shape index (κ2) is 10.1. The fraction of sp³-hybridized carbons (Fsp3) is 0.467. The first-order valence-electron chi connectivity index (χ1n) is 13.4. The number of carbonyl (C=O) groups is 4. The fourth-order valence-corrected chi connectivity index (χ4v) is 6.17. The van der Waals surface area contributed by atoms with Crippen molar-refractivity contribution < 1.29 is 23.9 Å². The van der Waals surface area contributed by atoms with Crippen LogP contribution in [0.15, 0.2) is 42.5 Å². The van der Waals surface area contributed by atoms with Crippen molar-refractivity contribution in [3.05, 3.63) is 53.6 Å². The third-order valence-electron chi connectivity index (χ3n) is 8.18. The third-order valence-corrected chi connectivity index (χ3v) is 8.18. The number of amides is 3. The molecule has 2 heterocycles. The lowest BCUT2D eigenvalue weighted by molar-refractivity contribution is -0.139. The summed E-state index contributed by atoms with van der Waals surface area (Å²) >= 11 is 0. The van der Waals surface area contributed by atoms with Crippen LogP contribution in [0.4, 0.5) is 11.4 Å². The number of rotatable bonds is 6. The second-order valence-corrected chi connectivity index (χ2v) is 10.6. The molecule has 0 N–H and O–H groups in total. The van der Waals surface area contributed by atoms with Crippen molar-refractivity contribution in [3.63, 3.8) is 0 Å². The molecule has 0 spiro atoms. The molecule has 3 fully saturated rings. The maximum Gasteiger partial charge on any atom is 0.316 e. The molecule has 2 aliphatic heterocycles. The number of imide groups is 1. The van der Waals surface area contributed by atoms with Crippen molar-refractivity contribution in [3.8, 4) is 5.75 Å². The number of benzene rings is 2. The summed E-state index contributed by atoms with van der Waals surface area (Å²) in [5, 5.41) is 0. The van der Waals surface area contributed by atoms with Gasteiger partial charge in [0.1, 0.15) is 5.75 Å². The highest BCUT2D eigenvalue weighted by molar-refractivity contribution is 6.22. The van der Waals surface area contributed by atoms with Crippen molar-refractivity contribution in [2.75, 3.05) is 16.3 Å². The molecule has 0 aromatic heterocycles. The summed E-state index contributed by atoms with van der Waals surface area (Å²) in [6, 6.07) is 12.6. The Kier molecular flexibility index (Phi) is 6.88. The first kappa shape index (κ1) is 25.2. The fourth-order valence-electron chi connectivity index (χ4n) is 6.17. The Morgan fingerprint density at radius 3 is 2.32 bits per heavy atom. The van der Waals surface area contributed by atoms with E-state index in [1.807, 2.05) is 18.2 Å². The summed E-state index contributed by atoms with van der Waals surface area (Å²) in [4.78, 5) is 55.2. The lowest BCUT2D eigenvalue weighted by atomic mass is 9.76. The number of fused-ring (bicyclic) bond motifs is 1. The Hall–Kier alpha value is -3.48. The van der Waals surface area contributed by atoms with Crippen LogP contribution in [0.5, 0.6) is 5.75 Å². The van der Waals surface area contributed by atoms with Crippen LogP contribution < -0.4 is 14.5 Å². The van der Waals surface area contributed by atoms with Crippen molar-refractivity contribution in [2.45, 2.75) is 59.3 Å².